The van der Waals surface area contributed by atoms with Crippen molar-refractivity contribution >= 4 is 11.7 Å². The van der Waals surface area contributed by atoms with Gasteiger partial charge in [0, 0.05) is 13.6 Å². The number of unbranched alkanes of at least 4 members (excludes halogenated alkanes) is 7. The second-order valence-electron chi connectivity index (χ2n) is 5.28. The van der Waals surface area contributed by atoms with Crippen molar-refractivity contribution in [2.24, 2.45) is 0 Å². The number of hydrogen-bond acceptors (Lipinski definition) is 4. The molecule has 0 atom stereocenters. The summed E-state index contributed by atoms with van der Waals surface area (Å²) >= 11 is 0. The molecule has 21 heavy (non-hydrogen) atoms. The average molecular weight is 292 g/mol. The zero-order chi connectivity index (χ0) is 15.3. The first-order chi connectivity index (χ1) is 10.3. The van der Waals surface area contributed by atoms with E-state index >= 15 is 0 Å². The Labute approximate surface area is 127 Å². The van der Waals surface area contributed by atoms with E-state index in [0.717, 1.165) is 6.42 Å². The highest BCUT2D eigenvalue weighted by Crippen LogP contribution is 2.08. The SMILES string of the molecule is CCCCCCCCCCNC(=O)c1ccc(NC)nn1. The van der Waals surface area contributed by atoms with Gasteiger partial charge in [-0.1, -0.05) is 51.9 Å². The van der Waals surface area contributed by atoms with E-state index in [4.69, 9.17) is 0 Å². The van der Waals surface area contributed by atoms with Gasteiger partial charge in [0.05, 0.1) is 0 Å². The third-order valence-electron chi connectivity index (χ3n) is 3.47. The number of anilines is 1. The van der Waals surface area contributed by atoms with Crippen molar-refractivity contribution in [1.29, 1.82) is 0 Å². The molecule has 1 aromatic heterocycles. The predicted molar refractivity (Wildman–Crippen MR) is 86.5 cm³/mol. The fourth-order valence-electron chi connectivity index (χ4n) is 2.14. The minimum atomic E-state index is -0.145. The maximum absolute atomic E-state index is 11.8. The van der Waals surface area contributed by atoms with Crippen molar-refractivity contribution in [3.8, 4) is 0 Å². The number of nitrogens with zero attached hydrogens (tertiary/aromatic N) is 2. The summed E-state index contributed by atoms with van der Waals surface area (Å²) < 4.78 is 0. The molecule has 0 aliphatic carbocycles. The maximum Gasteiger partial charge on any atom is 0.271 e. The van der Waals surface area contributed by atoms with Crippen molar-refractivity contribution < 1.29 is 4.79 Å². The number of carbonyl (C=O) groups excluding carboxylic acids is 1. The van der Waals surface area contributed by atoms with Crippen molar-refractivity contribution in [3.63, 3.8) is 0 Å². The van der Waals surface area contributed by atoms with Gasteiger partial charge in [-0.3, -0.25) is 4.79 Å². The van der Waals surface area contributed by atoms with E-state index in [0.29, 0.717) is 18.1 Å². The van der Waals surface area contributed by atoms with Crippen molar-refractivity contribution in [2.75, 3.05) is 18.9 Å². The molecule has 1 heterocycles. The van der Waals surface area contributed by atoms with Crippen LogP contribution in [0.25, 0.3) is 0 Å². The van der Waals surface area contributed by atoms with E-state index in [1.54, 1.807) is 19.2 Å². The molecule has 5 heteroatoms. The first kappa shape index (κ1) is 17.4. The fourth-order valence-corrected chi connectivity index (χ4v) is 2.14. The van der Waals surface area contributed by atoms with E-state index < -0.39 is 0 Å². The minimum Gasteiger partial charge on any atom is -0.372 e. The highest BCUT2D eigenvalue weighted by molar-refractivity contribution is 5.92. The molecule has 0 bridgehead atoms. The van der Waals surface area contributed by atoms with Crippen LogP contribution < -0.4 is 10.6 Å². The Kier molecular flexibility index (Phi) is 9.16. The molecule has 2 N–H and O–H groups in total. The van der Waals surface area contributed by atoms with Gasteiger partial charge >= 0.3 is 0 Å². The highest BCUT2D eigenvalue weighted by Gasteiger charge is 2.06. The summed E-state index contributed by atoms with van der Waals surface area (Å²) in [5.74, 6) is 0.516. The number of rotatable bonds is 11. The molecule has 1 rings (SSSR count). The lowest BCUT2D eigenvalue weighted by Crippen LogP contribution is -2.25. The number of hydrogen-bond donors (Lipinski definition) is 2. The molecule has 0 aliphatic rings. The van der Waals surface area contributed by atoms with Crippen LogP contribution in [0.4, 0.5) is 5.82 Å². The first-order valence-corrected chi connectivity index (χ1v) is 8.07. The van der Waals surface area contributed by atoms with Gasteiger partial charge in [-0.05, 0) is 18.6 Å². The quantitative estimate of drug-likeness (QED) is 0.613. The van der Waals surface area contributed by atoms with Gasteiger partial charge in [0.2, 0.25) is 0 Å². The van der Waals surface area contributed by atoms with Crippen LogP contribution in [0.15, 0.2) is 12.1 Å². The van der Waals surface area contributed by atoms with E-state index in [1.807, 2.05) is 0 Å². The van der Waals surface area contributed by atoms with Gasteiger partial charge < -0.3 is 10.6 Å². The Morgan fingerprint density at radius 1 is 1.00 bits per heavy atom. The second kappa shape index (κ2) is 11.1. The predicted octanol–water partition coefficient (Wildman–Crippen LogP) is 3.39. The molecule has 0 saturated carbocycles. The molecular formula is C16H28N4O. The molecule has 0 fully saturated rings. The molecule has 1 aromatic rings. The van der Waals surface area contributed by atoms with Gasteiger partial charge in [-0.15, -0.1) is 10.2 Å². The normalized spacial score (nSPS) is 10.4. The van der Waals surface area contributed by atoms with Crippen LogP contribution in [0.5, 0.6) is 0 Å². The zero-order valence-corrected chi connectivity index (χ0v) is 13.3. The monoisotopic (exact) mass is 292 g/mol. The van der Waals surface area contributed by atoms with Gasteiger partial charge in [-0.25, -0.2) is 0 Å². The second-order valence-corrected chi connectivity index (χ2v) is 5.28. The van der Waals surface area contributed by atoms with E-state index in [1.165, 1.54) is 44.9 Å². The lowest BCUT2D eigenvalue weighted by Gasteiger charge is -2.05. The number of nitrogens with one attached hydrogen (secondary N) is 2. The van der Waals surface area contributed by atoms with Crippen LogP contribution in [-0.4, -0.2) is 29.7 Å². The van der Waals surface area contributed by atoms with Gasteiger partial charge in [-0.2, -0.15) is 0 Å². The molecular weight excluding hydrogens is 264 g/mol. The van der Waals surface area contributed by atoms with Crippen LogP contribution in [0.2, 0.25) is 0 Å². The third kappa shape index (κ3) is 7.63. The van der Waals surface area contributed by atoms with Crippen LogP contribution in [0, 0.1) is 0 Å². The number of carbonyl (C=O) groups is 1. The van der Waals surface area contributed by atoms with Crippen molar-refractivity contribution in [3.05, 3.63) is 17.8 Å². The summed E-state index contributed by atoms with van der Waals surface area (Å²) in [6, 6.07) is 3.43. The molecule has 0 radical (unpaired) electrons. The van der Waals surface area contributed by atoms with Crippen LogP contribution in [0.3, 0.4) is 0 Å². The smallest absolute Gasteiger partial charge is 0.271 e. The number of aromatic nitrogens is 2. The maximum atomic E-state index is 11.8. The average Bonchev–Trinajstić information content (AvgIpc) is 2.53. The molecule has 118 valence electrons. The standard InChI is InChI=1S/C16H28N4O/c1-3-4-5-6-7-8-9-10-13-18-16(21)14-11-12-15(17-2)20-19-14/h11-12H,3-10,13H2,1-2H3,(H,17,20)(H,18,21). The lowest BCUT2D eigenvalue weighted by atomic mass is 10.1. The lowest BCUT2D eigenvalue weighted by molar-refractivity contribution is 0.0947. The van der Waals surface area contributed by atoms with Gasteiger partial charge in [0.25, 0.3) is 5.91 Å². The molecule has 5 nitrogen and oxygen atoms in total. The minimum absolute atomic E-state index is 0.145. The molecule has 0 saturated heterocycles. The number of amides is 1. The zero-order valence-electron chi connectivity index (χ0n) is 13.3. The Morgan fingerprint density at radius 2 is 1.67 bits per heavy atom. The largest absolute Gasteiger partial charge is 0.372 e. The van der Waals surface area contributed by atoms with Crippen molar-refractivity contribution in [2.45, 2.75) is 58.3 Å². The van der Waals surface area contributed by atoms with Gasteiger partial charge in [0.15, 0.2) is 5.69 Å². The van der Waals surface area contributed by atoms with E-state index in [9.17, 15) is 4.79 Å². The molecule has 1 amide bonds. The summed E-state index contributed by atoms with van der Waals surface area (Å²) in [6.07, 6.45) is 10.1. The van der Waals surface area contributed by atoms with Crippen LogP contribution >= 0.6 is 0 Å². The Bertz CT molecular complexity index is 392. The fraction of sp³-hybridized carbons (Fsp3) is 0.688. The topological polar surface area (TPSA) is 66.9 Å². The third-order valence-corrected chi connectivity index (χ3v) is 3.47. The summed E-state index contributed by atoms with van der Waals surface area (Å²) in [5, 5.41) is 13.5. The molecule has 0 aromatic carbocycles. The van der Waals surface area contributed by atoms with Gasteiger partial charge in [0.1, 0.15) is 5.82 Å². The first-order valence-electron chi connectivity index (χ1n) is 8.07. The van der Waals surface area contributed by atoms with Crippen LogP contribution in [-0.2, 0) is 0 Å². The Morgan fingerprint density at radius 3 is 2.24 bits per heavy atom. The Hall–Kier alpha value is -1.65. The summed E-state index contributed by atoms with van der Waals surface area (Å²) in [5.41, 5.74) is 0.369. The molecule has 0 spiro atoms. The highest BCUT2D eigenvalue weighted by atomic mass is 16.1. The summed E-state index contributed by atoms with van der Waals surface area (Å²) in [6.45, 7) is 2.95. The molecule has 0 unspecified atom stereocenters. The summed E-state index contributed by atoms with van der Waals surface area (Å²) in [7, 11) is 1.77. The van der Waals surface area contributed by atoms with Crippen LogP contribution in [0.1, 0.15) is 68.8 Å². The summed E-state index contributed by atoms with van der Waals surface area (Å²) in [4.78, 5) is 11.8. The van der Waals surface area contributed by atoms with E-state index in [-0.39, 0.29) is 5.91 Å². The Balaban J connectivity index is 2.05. The van der Waals surface area contributed by atoms with E-state index in [2.05, 4.69) is 27.8 Å². The van der Waals surface area contributed by atoms with Crippen molar-refractivity contribution in [1.82, 2.24) is 15.5 Å². The molecule has 0 aliphatic heterocycles.